The SMILES string of the molecule is BrC1=CNC(N/N=C/c2ccccn2)N=C1. The number of aromatic nitrogens is 1. The number of nitrogens with zero attached hydrogens (tertiary/aromatic N) is 3. The third-order valence-corrected chi connectivity index (χ3v) is 2.24. The van der Waals surface area contributed by atoms with Crippen LogP contribution in [0.5, 0.6) is 0 Å². The van der Waals surface area contributed by atoms with Crippen molar-refractivity contribution in [2.45, 2.75) is 6.29 Å². The smallest absolute Gasteiger partial charge is 0.208 e. The van der Waals surface area contributed by atoms with Crippen LogP contribution in [0.2, 0.25) is 0 Å². The summed E-state index contributed by atoms with van der Waals surface area (Å²) in [5.41, 5.74) is 3.64. The first-order valence-electron chi connectivity index (χ1n) is 4.69. The van der Waals surface area contributed by atoms with Gasteiger partial charge in [0, 0.05) is 18.6 Å². The highest BCUT2D eigenvalue weighted by Crippen LogP contribution is 2.03. The van der Waals surface area contributed by atoms with Crippen molar-refractivity contribution >= 4 is 28.4 Å². The first-order valence-corrected chi connectivity index (χ1v) is 5.48. The summed E-state index contributed by atoms with van der Waals surface area (Å²) in [6.45, 7) is 0. The number of hydrogen-bond donors (Lipinski definition) is 2. The zero-order chi connectivity index (χ0) is 11.2. The lowest BCUT2D eigenvalue weighted by atomic mass is 10.4. The van der Waals surface area contributed by atoms with Gasteiger partial charge >= 0.3 is 0 Å². The van der Waals surface area contributed by atoms with Crippen molar-refractivity contribution in [2.75, 3.05) is 0 Å². The van der Waals surface area contributed by atoms with Crippen molar-refractivity contribution in [1.82, 2.24) is 15.7 Å². The zero-order valence-corrected chi connectivity index (χ0v) is 9.92. The summed E-state index contributed by atoms with van der Waals surface area (Å²) in [7, 11) is 0. The lowest BCUT2D eigenvalue weighted by Crippen LogP contribution is -2.36. The first-order chi connectivity index (χ1) is 7.84. The molecule has 1 aliphatic rings. The third kappa shape index (κ3) is 3.16. The molecule has 2 heterocycles. The molecule has 0 spiro atoms. The van der Waals surface area contributed by atoms with E-state index in [1.165, 1.54) is 0 Å². The Morgan fingerprint density at radius 2 is 2.44 bits per heavy atom. The molecule has 0 aromatic carbocycles. The van der Waals surface area contributed by atoms with Crippen molar-refractivity contribution < 1.29 is 0 Å². The van der Waals surface area contributed by atoms with E-state index < -0.39 is 0 Å². The molecule has 0 bridgehead atoms. The van der Waals surface area contributed by atoms with Crippen LogP contribution in [0.15, 0.2) is 45.2 Å². The van der Waals surface area contributed by atoms with Crippen LogP contribution in [0.3, 0.4) is 0 Å². The largest absolute Gasteiger partial charge is 0.351 e. The third-order valence-electron chi connectivity index (χ3n) is 1.81. The molecule has 82 valence electrons. The van der Waals surface area contributed by atoms with E-state index >= 15 is 0 Å². The van der Waals surface area contributed by atoms with Crippen molar-refractivity contribution in [3.05, 3.63) is 40.8 Å². The normalized spacial score (nSPS) is 19.3. The average Bonchev–Trinajstić information content (AvgIpc) is 2.33. The van der Waals surface area contributed by atoms with E-state index in [1.54, 1.807) is 24.8 Å². The maximum absolute atomic E-state index is 4.15. The molecule has 5 nitrogen and oxygen atoms in total. The minimum atomic E-state index is -0.235. The number of allylic oxidation sites excluding steroid dienone is 1. The lowest BCUT2D eigenvalue weighted by Gasteiger charge is -2.15. The average molecular weight is 280 g/mol. The van der Waals surface area contributed by atoms with Crippen LogP contribution < -0.4 is 10.7 Å². The van der Waals surface area contributed by atoms with Crippen molar-refractivity contribution in [3.63, 3.8) is 0 Å². The summed E-state index contributed by atoms with van der Waals surface area (Å²) >= 11 is 3.29. The van der Waals surface area contributed by atoms with Gasteiger partial charge in [-0.05, 0) is 28.1 Å². The van der Waals surface area contributed by atoms with Gasteiger partial charge in [-0.25, -0.2) is 4.99 Å². The fourth-order valence-electron chi connectivity index (χ4n) is 1.08. The van der Waals surface area contributed by atoms with Crippen molar-refractivity contribution in [1.29, 1.82) is 0 Å². The quantitative estimate of drug-likeness (QED) is 0.646. The molecule has 1 unspecified atom stereocenters. The maximum Gasteiger partial charge on any atom is 0.208 e. The van der Waals surface area contributed by atoms with Crippen LogP contribution in [-0.4, -0.2) is 23.7 Å². The molecule has 0 saturated heterocycles. The number of rotatable bonds is 3. The fraction of sp³-hybridized carbons (Fsp3) is 0.100. The molecule has 2 N–H and O–H groups in total. The highest BCUT2D eigenvalue weighted by Gasteiger charge is 2.04. The number of pyridine rings is 1. The minimum absolute atomic E-state index is 0.235. The first kappa shape index (κ1) is 10.8. The van der Waals surface area contributed by atoms with Gasteiger partial charge in [-0.1, -0.05) is 6.07 Å². The van der Waals surface area contributed by atoms with E-state index in [0.717, 1.165) is 10.2 Å². The molecule has 1 aromatic heterocycles. The molecule has 0 fully saturated rings. The van der Waals surface area contributed by atoms with E-state index in [0.29, 0.717) is 0 Å². The van der Waals surface area contributed by atoms with Crippen molar-refractivity contribution in [2.24, 2.45) is 10.1 Å². The Morgan fingerprint density at radius 3 is 3.12 bits per heavy atom. The Kier molecular flexibility index (Phi) is 3.66. The molecule has 2 rings (SSSR count). The zero-order valence-electron chi connectivity index (χ0n) is 8.34. The molecule has 0 radical (unpaired) electrons. The van der Waals surface area contributed by atoms with Gasteiger partial charge in [0.15, 0.2) is 0 Å². The molecular weight excluding hydrogens is 270 g/mol. The monoisotopic (exact) mass is 279 g/mol. The van der Waals surface area contributed by atoms with Gasteiger partial charge in [0.05, 0.1) is 16.4 Å². The Labute approximate surface area is 102 Å². The topological polar surface area (TPSA) is 61.7 Å². The summed E-state index contributed by atoms with van der Waals surface area (Å²) in [5.74, 6) is 0. The van der Waals surface area contributed by atoms with E-state index in [9.17, 15) is 0 Å². The summed E-state index contributed by atoms with van der Waals surface area (Å²) in [6.07, 6.45) is 6.65. The van der Waals surface area contributed by atoms with Crippen LogP contribution in [-0.2, 0) is 0 Å². The molecule has 0 amide bonds. The molecule has 1 atom stereocenters. The molecule has 0 aliphatic carbocycles. The molecule has 1 aliphatic heterocycles. The minimum Gasteiger partial charge on any atom is -0.351 e. The number of nitrogens with one attached hydrogen (secondary N) is 2. The Balaban J connectivity index is 1.85. The van der Waals surface area contributed by atoms with Gasteiger partial charge in [-0.2, -0.15) is 5.10 Å². The standard InChI is InChI=1S/C10H10BrN5/c11-8-5-13-10(14-6-8)16-15-7-9-3-1-2-4-12-9/h1-7,10,13,16H/b15-7+. The molecule has 0 saturated carbocycles. The second kappa shape index (κ2) is 5.41. The van der Waals surface area contributed by atoms with E-state index in [-0.39, 0.29) is 6.29 Å². The molecule has 1 aromatic rings. The van der Waals surface area contributed by atoms with Crippen LogP contribution in [0.25, 0.3) is 0 Å². The maximum atomic E-state index is 4.15. The number of aliphatic imine (C=N–C) groups is 1. The summed E-state index contributed by atoms with van der Waals surface area (Å²) in [4.78, 5) is 8.25. The van der Waals surface area contributed by atoms with Crippen LogP contribution in [0, 0.1) is 0 Å². The van der Waals surface area contributed by atoms with Gasteiger partial charge in [0.2, 0.25) is 6.29 Å². The van der Waals surface area contributed by atoms with Crippen molar-refractivity contribution in [3.8, 4) is 0 Å². The van der Waals surface area contributed by atoms with Gasteiger partial charge in [-0.15, -0.1) is 0 Å². The van der Waals surface area contributed by atoms with E-state index in [4.69, 9.17) is 0 Å². The number of hydrazone groups is 1. The van der Waals surface area contributed by atoms with Crippen LogP contribution in [0.4, 0.5) is 0 Å². The van der Waals surface area contributed by atoms with Gasteiger partial charge in [0.1, 0.15) is 0 Å². The number of halogens is 1. The van der Waals surface area contributed by atoms with Crippen LogP contribution >= 0.6 is 15.9 Å². The molecule has 16 heavy (non-hydrogen) atoms. The van der Waals surface area contributed by atoms with E-state index in [1.807, 2.05) is 18.2 Å². The predicted octanol–water partition coefficient (Wildman–Crippen LogP) is 1.20. The van der Waals surface area contributed by atoms with E-state index in [2.05, 4.69) is 41.8 Å². The second-order valence-electron chi connectivity index (χ2n) is 3.02. The lowest BCUT2D eigenvalue weighted by molar-refractivity contribution is 0.505. The van der Waals surface area contributed by atoms with Gasteiger partial charge in [-0.3, -0.25) is 10.4 Å². The van der Waals surface area contributed by atoms with Gasteiger partial charge < -0.3 is 5.32 Å². The Hall–Kier alpha value is -1.69. The molecule has 6 heteroatoms. The second-order valence-corrected chi connectivity index (χ2v) is 3.93. The highest BCUT2D eigenvalue weighted by molar-refractivity contribution is 9.12. The fourth-order valence-corrected chi connectivity index (χ4v) is 1.33. The summed E-state index contributed by atoms with van der Waals surface area (Å²) in [6, 6.07) is 5.64. The van der Waals surface area contributed by atoms with Crippen LogP contribution in [0.1, 0.15) is 5.69 Å². The highest BCUT2D eigenvalue weighted by atomic mass is 79.9. The van der Waals surface area contributed by atoms with Gasteiger partial charge in [0.25, 0.3) is 0 Å². The Bertz CT molecular complexity index is 426. The summed E-state index contributed by atoms with van der Waals surface area (Å²) < 4.78 is 0.902. The summed E-state index contributed by atoms with van der Waals surface area (Å²) in [5, 5.41) is 7.04. The Morgan fingerprint density at radius 1 is 1.50 bits per heavy atom. The number of hydrogen-bond acceptors (Lipinski definition) is 5. The predicted molar refractivity (Wildman–Crippen MR) is 67.4 cm³/mol. The molecular formula is C10H10BrN5.